The third-order valence-corrected chi connectivity index (χ3v) is 9.36. The average Bonchev–Trinajstić information content (AvgIpc) is 3.59. The summed E-state index contributed by atoms with van der Waals surface area (Å²) in [5, 5.41) is 20.8. The summed E-state index contributed by atoms with van der Waals surface area (Å²) in [5.41, 5.74) is 3.15. The number of aliphatic hydroxyl groups is 1. The normalized spacial score (nSPS) is 16.0. The van der Waals surface area contributed by atoms with Crippen molar-refractivity contribution in [3.63, 3.8) is 0 Å². The Hall–Kier alpha value is -3.86. The lowest BCUT2D eigenvalue weighted by molar-refractivity contribution is -0.132. The molecular formula is C33H32ClN3O5S2. The summed E-state index contributed by atoms with van der Waals surface area (Å²) in [7, 11) is 0. The van der Waals surface area contributed by atoms with Crippen LogP contribution in [0.5, 0.6) is 11.5 Å². The fraction of sp³-hybridized carbons (Fsp3) is 0.273. The molecule has 0 bridgehead atoms. The molecule has 1 amide bonds. The van der Waals surface area contributed by atoms with E-state index < -0.39 is 17.7 Å². The van der Waals surface area contributed by atoms with Crippen LogP contribution in [-0.2, 0) is 15.3 Å². The predicted molar refractivity (Wildman–Crippen MR) is 175 cm³/mol. The van der Waals surface area contributed by atoms with Crippen LogP contribution in [0.1, 0.15) is 55.0 Å². The number of unbranched alkanes of at least 4 members (excludes halogenated alkanes) is 1. The number of thioether (sulfide) groups is 1. The minimum absolute atomic E-state index is 0.0662. The van der Waals surface area contributed by atoms with E-state index in [9.17, 15) is 14.7 Å². The van der Waals surface area contributed by atoms with Gasteiger partial charge in [-0.1, -0.05) is 83.9 Å². The number of halogens is 1. The third-order valence-electron chi connectivity index (χ3n) is 6.99. The molecule has 11 heteroatoms. The first-order valence-corrected chi connectivity index (χ1v) is 16.5. The number of anilines is 1. The lowest BCUT2D eigenvalue weighted by Gasteiger charge is -2.23. The van der Waals surface area contributed by atoms with Crippen LogP contribution in [0.15, 0.2) is 76.6 Å². The molecule has 0 spiro atoms. The SMILES string of the molecule is CCCCOc1ccc(C2/C(=C(\O)c3ccc(Cl)cc3)C(=O)C(=O)N2c2nnc(SCc3ccc(C)cc3)s2)cc1OCC. The van der Waals surface area contributed by atoms with Crippen LogP contribution >= 0.6 is 34.7 Å². The van der Waals surface area contributed by atoms with Crippen LogP contribution in [-0.4, -0.2) is 40.2 Å². The van der Waals surface area contributed by atoms with Gasteiger partial charge in [0.25, 0.3) is 5.78 Å². The van der Waals surface area contributed by atoms with E-state index >= 15 is 0 Å². The quantitative estimate of drug-likeness (QED) is 0.0411. The zero-order valence-electron chi connectivity index (χ0n) is 24.6. The summed E-state index contributed by atoms with van der Waals surface area (Å²) >= 11 is 8.78. The first-order valence-electron chi connectivity index (χ1n) is 14.3. The number of aryl methyl sites for hydroxylation is 1. The Kier molecular flexibility index (Phi) is 10.2. The molecule has 2 heterocycles. The summed E-state index contributed by atoms with van der Waals surface area (Å²) < 4.78 is 12.5. The molecule has 1 aliphatic heterocycles. The van der Waals surface area contributed by atoms with Crippen molar-refractivity contribution in [1.82, 2.24) is 10.2 Å². The van der Waals surface area contributed by atoms with Crippen molar-refractivity contribution >= 4 is 57.3 Å². The number of amides is 1. The van der Waals surface area contributed by atoms with Crippen molar-refractivity contribution in [3.05, 3.63) is 99.6 Å². The van der Waals surface area contributed by atoms with E-state index in [0.29, 0.717) is 51.0 Å². The fourth-order valence-corrected chi connectivity index (χ4v) is 6.65. The second kappa shape index (κ2) is 14.3. The number of nitrogens with zero attached hydrogens (tertiary/aromatic N) is 3. The molecule has 44 heavy (non-hydrogen) atoms. The van der Waals surface area contributed by atoms with Crippen LogP contribution in [0.4, 0.5) is 5.13 Å². The predicted octanol–water partition coefficient (Wildman–Crippen LogP) is 8.00. The van der Waals surface area contributed by atoms with Crippen LogP contribution in [0.25, 0.3) is 5.76 Å². The van der Waals surface area contributed by atoms with Gasteiger partial charge >= 0.3 is 5.91 Å². The average molecular weight is 650 g/mol. The van der Waals surface area contributed by atoms with Gasteiger partial charge in [-0.05, 0) is 67.8 Å². The maximum Gasteiger partial charge on any atom is 0.301 e. The molecule has 0 saturated carbocycles. The Labute approximate surface area is 269 Å². The minimum Gasteiger partial charge on any atom is -0.507 e. The van der Waals surface area contributed by atoms with Crippen molar-refractivity contribution in [2.45, 2.75) is 49.7 Å². The Morgan fingerprint density at radius 2 is 1.75 bits per heavy atom. The maximum absolute atomic E-state index is 13.6. The Morgan fingerprint density at radius 1 is 1.00 bits per heavy atom. The Bertz CT molecular complexity index is 1670. The highest BCUT2D eigenvalue weighted by Gasteiger charge is 2.48. The molecule has 1 unspecified atom stereocenters. The van der Waals surface area contributed by atoms with Crippen LogP contribution in [0.2, 0.25) is 5.02 Å². The smallest absolute Gasteiger partial charge is 0.301 e. The van der Waals surface area contributed by atoms with E-state index in [1.165, 1.54) is 33.6 Å². The van der Waals surface area contributed by atoms with E-state index in [1.807, 2.05) is 13.8 Å². The molecule has 4 aromatic rings. The van der Waals surface area contributed by atoms with Crippen molar-refractivity contribution in [3.8, 4) is 11.5 Å². The molecular weight excluding hydrogens is 618 g/mol. The largest absolute Gasteiger partial charge is 0.507 e. The summed E-state index contributed by atoms with van der Waals surface area (Å²) in [6.45, 7) is 6.90. The van der Waals surface area contributed by atoms with Crippen LogP contribution < -0.4 is 14.4 Å². The van der Waals surface area contributed by atoms with Crippen LogP contribution in [0.3, 0.4) is 0 Å². The molecule has 0 radical (unpaired) electrons. The van der Waals surface area contributed by atoms with Gasteiger partial charge in [-0.3, -0.25) is 14.5 Å². The molecule has 0 aliphatic carbocycles. The number of aromatic nitrogens is 2. The van der Waals surface area contributed by atoms with E-state index in [-0.39, 0.29) is 16.5 Å². The zero-order valence-corrected chi connectivity index (χ0v) is 27.0. The van der Waals surface area contributed by atoms with Gasteiger partial charge in [-0.25, -0.2) is 0 Å². The van der Waals surface area contributed by atoms with E-state index in [1.54, 1.807) is 42.5 Å². The summed E-state index contributed by atoms with van der Waals surface area (Å²) in [5.74, 6) is -0.238. The van der Waals surface area contributed by atoms with Gasteiger partial charge in [-0.15, -0.1) is 10.2 Å². The second-order valence-electron chi connectivity index (χ2n) is 10.1. The molecule has 3 aromatic carbocycles. The molecule has 1 N–H and O–H groups in total. The molecule has 228 valence electrons. The van der Waals surface area contributed by atoms with E-state index in [2.05, 4.69) is 41.4 Å². The van der Waals surface area contributed by atoms with Crippen molar-refractivity contribution in [2.24, 2.45) is 0 Å². The maximum atomic E-state index is 13.6. The third kappa shape index (κ3) is 6.93. The Balaban J connectivity index is 1.56. The topological polar surface area (TPSA) is 102 Å². The molecule has 8 nitrogen and oxygen atoms in total. The lowest BCUT2D eigenvalue weighted by Crippen LogP contribution is -2.29. The molecule has 5 rings (SSSR count). The van der Waals surface area contributed by atoms with Gasteiger partial charge in [-0.2, -0.15) is 0 Å². The van der Waals surface area contributed by atoms with Gasteiger partial charge < -0.3 is 14.6 Å². The highest BCUT2D eigenvalue weighted by molar-refractivity contribution is 8.00. The number of Topliss-reactive ketones (excluding diaryl/α,β-unsaturated/α-hetero) is 1. The van der Waals surface area contributed by atoms with Gasteiger partial charge in [0.2, 0.25) is 5.13 Å². The minimum atomic E-state index is -0.988. The number of rotatable bonds is 12. The van der Waals surface area contributed by atoms with Crippen LogP contribution in [0, 0.1) is 6.92 Å². The highest BCUT2D eigenvalue weighted by atomic mass is 35.5. The molecule has 1 aromatic heterocycles. The van der Waals surface area contributed by atoms with E-state index in [0.717, 1.165) is 18.4 Å². The standard InChI is InChI=1S/C33H32ClN3O5S2/c1-4-6-17-42-25-16-13-23(18-26(25)41-5-2)28-27(29(38)22-11-14-24(34)15-12-22)30(39)31(40)37(28)32-35-36-33(44-32)43-19-21-9-7-20(3)8-10-21/h7-16,18,28,38H,4-6,17,19H2,1-3H3/b29-27+. The van der Waals surface area contributed by atoms with Gasteiger partial charge in [0.1, 0.15) is 5.76 Å². The number of aliphatic hydroxyl groups excluding tert-OH is 1. The number of hydrogen-bond donors (Lipinski definition) is 1. The Morgan fingerprint density at radius 3 is 2.45 bits per heavy atom. The number of carbonyl (C=O) groups is 2. The second-order valence-corrected chi connectivity index (χ2v) is 12.8. The summed E-state index contributed by atoms with van der Waals surface area (Å²) in [4.78, 5) is 28.6. The van der Waals surface area contributed by atoms with Crippen molar-refractivity contribution in [1.29, 1.82) is 0 Å². The zero-order chi connectivity index (χ0) is 31.2. The molecule has 1 fully saturated rings. The summed E-state index contributed by atoms with van der Waals surface area (Å²) in [6, 6.07) is 18.9. The van der Waals surface area contributed by atoms with Gasteiger partial charge in [0.05, 0.1) is 24.8 Å². The first kappa shape index (κ1) is 31.6. The number of ether oxygens (including phenoxy) is 2. The highest BCUT2D eigenvalue weighted by Crippen LogP contribution is 2.45. The monoisotopic (exact) mass is 649 g/mol. The number of carbonyl (C=O) groups excluding carboxylic acids is 2. The van der Waals surface area contributed by atoms with Gasteiger partial charge in [0, 0.05) is 16.3 Å². The number of hydrogen-bond acceptors (Lipinski definition) is 9. The summed E-state index contributed by atoms with van der Waals surface area (Å²) in [6.07, 6.45) is 1.87. The lowest BCUT2D eigenvalue weighted by atomic mass is 9.95. The number of benzene rings is 3. The number of ketones is 1. The van der Waals surface area contributed by atoms with Crippen molar-refractivity contribution in [2.75, 3.05) is 18.1 Å². The first-order chi connectivity index (χ1) is 21.3. The fourth-order valence-electron chi connectivity index (χ4n) is 4.70. The van der Waals surface area contributed by atoms with Crippen molar-refractivity contribution < 1.29 is 24.2 Å². The molecule has 1 atom stereocenters. The molecule has 1 aliphatic rings. The molecule has 1 saturated heterocycles. The van der Waals surface area contributed by atoms with Gasteiger partial charge in [0.15, 0.2) is 15.8 Å². The van der Waals surface area contributed by atoms with E-state index in [4.69, 9.17) is 21.1 Å².